The molecule has 1 aliphatic heterocycles. The van der Waals surface area contributed by atoms with Crippen LogP contribution in [0, 0.1) is 17.3 Å². The van der Waals surface area contributed by atoms with E-state index in [0.717, 1.165) is 22.3 Å². The van der Waals surface area contributed by atoms with E-state index in [9.17, 15) is 0 Å². The standard InChI is InChI=1S/C13H26S/c1-7-9(3)10(4)13(6)11(5)14-12(13)8-2/h9-12H,7-8H2,1-6H3. The van der Waals surface area contributed by atoms with Gasteiger partial charge in [-0.3, -0.25) is 0 Å². The third-order valence-corrected chi connectivity index (χ3v) is 6.87. The van der Waals surface area contributed by atoms with Crippen molar-refractivity contribution in [1.29, 1.82) is 0 Å². The molecule has 0 bridgehead atoms. The van der Waals surface area contributed by atoms with E-state index in [2.05, 4.69) is 53.3 Å². The van der Waals surface area contributed by atoms with Crippen LogP contribution in [0.3, 0.4) is 0 Å². The van der Waals surface area contributed by atoms with E-state index >= 15 is 0 Å². The minimum Gasteiger partial charge on any atom is -0.154 e. The summed E-state index contributed by atoms with van der Waals surface area (Å²) in [5.41, 5.74) is 0.592. The zero-order valence-corrected chi connectivity index (χ0v) is 11.4. The lowest BCUT2D eigenvalue weighted by Crippen LogP contribution is -2.54. The summed E-state index contributed by atoms with van der Waals surface area (Å²) in [4.78, 5) is 0. The molecule has 0 saturated carbocycles. The van der Waals surface area contributed by atoms with Crippen LogP contribution < -0.4 is 0 Å². The molecule has 0 spiro atoms. The number of hydrogen-bond donors (Lipinski definition) is 0. The third-order valence-electron chi connectivity index (χ3n) is 4.79. The Labute approximate surface area is 94.2 Å². The van der Waals surface area contributed by atoms with Crippen LogP contribution in [0.4, 0.5) is 0 Å². The summed E-state index contributed by atoms with van der Waals surface area (Å²) >= 11 is 2.19. The second-order valence-corrected chi connectivity index (χ2v) is 6.76. The van der Waals surface area contributed by atoms with E-state index in [0.29, 0.717) is 5.41 Å². The Morgan fingerprint density at radius 1 is 1.29 bits per heavy atom. The summed E-state index contributed by atoms with van der Waals surface area (Å²) in [6.45, 7) is 14.5. The van der Waals surface area contributed by atoms with Crippen molar-refractivity contribution >= 4 is 11.8 Å². The van der Waals surface area contributed by atoms with Gasteiger partial charge in [-0.15, -0.1) is 0 Å². The minimum absolute atomic E-state index is 0.592. The van der Waals surface area contributed by atoms with Gasteiger partial charge in [-0.25, -0.2) is 0 Å². The first-order chi connectivity index (χ1) is 6.48. The predicted molar refractivity (Wildman–Crippen MR) is 67.9 cm³/mol. The molecule has 84 valence electrons. The molecule has 1 fully saturated rings. The highest BCUT2D eigenvalue weighted by molar-refractivity contribution is 8.02. The van der Waals surface area contributed by atoms with Gasteiger partial charge in [0, 0.05) is 10.5 Å². The molecular formula is C13H26S. The molecule has 0 aromatic heterocycles. The van der Waals surface area contributed by atoms with Gasteiger partial charge >= 0.3 is 0 Å². The highest BCUT2D eigenvalue weighted by atomic mass is 32.2. The van der Waals surface area contributed by atoms with E-state index in [1.165, 1.54) is 12.8 Å². The Bertz CT molecular complexity index is 190. The zero-order chi connectivity index (χ0) is 10.9. The van der Waals surface area contributed by atoms with Gasteiger partial charge in [-0.05, 0) is 23.7 Å². The van der Waals surface area contributed by atoms with E-state index in [4.69, 9.17) is 0 Å². The second-order valence-electron chi connectivity index (χ2n) is 5.22. The van der Waals surface area contributed by atoms with E-state index in [1.807, 2.05) is 0 Å². The van der Waals surface area contributed by atoms with Crippen LogP contribution in [-0.2, 0) is 0 Å². The van der Waals surface area contributed by atoms with Crippen molar-refractivity contribution in [3.63, 3.8) is 0 Å². The van der Waals surface area contributed by atoms with Gasteiger partial charge in [0.25, 0.3) is 0 Å². The van der Waals surface area contributed by atoms with Gasteiger partial charge < -0.3 is 0 Å². The average Bonchev–Trinajstić information content (AvgIpc) is 2.21. The van der Waals surface area contributed by atoms with Crippen molar-refractivity contribution in [2.45, 2.75) is 64.9 Å². The summed E-state index contributed by atoms with van der Waals surface area (Å²) < 4.78 is 0. The molecule has 0 nitrogen and oxygen atoms in total. The average molecular weight is 214 g/mol. The summed E-state index contributed by atoms with van der Waals surface area (Å²) in [5.74, 6) is 1.74. The molecule has 0 aromatic rings. The Kier molecular flexibility index (Phi) is 3.96. The molecule has 0 aromatic carbocycles. The SMILES string of the molecule is CCC(C)C(C)C1(C)C(C)SC1CC. The van der Waals surface area contributed by atoms with Gasteiger partial charge in [0.15, 0.2) is 0 Å². The number of hydrogen-bond acceptors (Lipinski definition) is 1. The third kappa shape index (κ3) is 1.73. The van der Waals surface area contributed by atoms with Crippen molar-refractivity contribution in [3.8, 4) is 0 Å². The van der Waals surface area contributed by atoms with Gasteiger partial charge in [-0.1, -0.05) is 48.0 Å². The fourth-order valence-corrected chi connectivity index (χ4v) is 4.74. The second kappa shape index (κ2) is 4.47. The van der Waals surface area contributed by atoms with Crippen LogP contribution >= 0.6 is 11.8 Å². The van der Waals surface area contributed by atoms with Gasteiger partial charge in [0.05, 0.1) is 0 Å². The van der Waals surface area contributed by atoms with Crippen molar-refractivity contribution in [2.24, 2.45) is 17.3 Å². The molecule has 5 atom stereocenters. The van der Waals surface area contributed by atoms with Crippen molar-refractivity contribution in [1.82, 2.24) is 0 Å². The van der Waals surface area contributed by atoms with Crippen LogP contribution in [0.15, 0.2) is 0 Å². The summed E-state index contributed by atoms with van der Waals surface area (Å²) in [5, 5.41) is 1.76. The molecule has 0 radical (unpaired) electrons. The lowest BCUT2D eigenvalue weighted by Gasteiger charge is -2.57. The molecular weight excluding hydrogens is 188 g/mol. The first-order valence-corrected chi connectivity index (χ1v) is 7.08. The Morgan fingerprint density at radius 2 is 1.86 bits per heavy atom. The lowest BCUT2D eigenvalue weighted by atomic mass is 9.66. The van der Waals surface area contributed by atoms with Crippen LogP contribution in [0.25, 0.3) is 0 Å². The first kappa shape index (κ1) is 12.4. The molecule has 1 heteroatoms. The number of rotatable bonds is 4. The maximum absolute atomic E-state index is 2.51. The number of thioether (sulfide) groups is 1. The Balaban J connectivity index is 2.72. The maximum Gasteiger partial charge on any atom is 0.0114 e. The molecule has 5 unspecified atom stereocenters. The van der Waals surface area contributed by atoms with E-state index < -0.39 is 0 Å². The monoisotopic (exact) mass is 214 g/mol. The molecule has 0 N–H and O–H groups in total. The summed E-state index contributed by atoms with van der Waals surface area (Å²) in [6, 6.07) is 0. The van der Waals surface area contributed by atoms with Gasteiger partial charge in [-0.2, -0.15) is 11.8 Å². The van der Waals surface area contributed by atoms with Crippen LogP contribution in [-0.4, -0.2) is 10.5 Å². The lowest BCUT2D eigenvalue weighted by molar-refractivity contribution is 0.114. The fraction of sp³-hybridized carbons (Fsp3) is 1.00. The topological polar surface area (TPSA) is 0 Å². The molecule has 14 heavy (non-hydrogen) atoms. The van der Waals surface area contributed by atoms with Gasteiger partial charge in [0.1, 0.15) is 0 Å². The van der Waals surface area contributed by atoms with Crippen LogP contribution in [0.5, 0.6) is 0 Å². The van der Waals surface area contributed by atoms with Gasteiger partial charge in [0.2, 0.25) is 0 Å². The summed E-state index contributed by atoms with van der Waals surface area (Å²) in [6.07, 6.45) is 2.66. The highest BCUT2D eigenvalue weighted by Gasteiger charge is 2.52. The van der Waals surface area contributed by atoms with Crippen molar-refractivity contribution < 1.29 is 0 Å². The smallest absolute Gasteiger partial charge is 0.0114 e. The normalized spacial score (nSPS) is 41.6. The molecule has 1 heterocycles. The largest absolute Gasteiger partial charge is 0.154 e. The predicted octanol–water partition coefficient (Wildman–Crippen LogP) is 4.59. The highest BCUT2D eigenvalue weighted by Crippen LogP contribution is 2.59. The fourth-order valence-electron chi connectivity index (χ4n) is 2.90. The van der Waals surface area contributed by atoms with E-state index in [-0.39, 0.29) is 0 Å². The molecule has 0 aliphatic carbocycles. The van der Waals surface area contributed by atoms with E-state index in [1.54, 1.807) is 0 Å². The first-order valence-electron chi connectivity index (χ1n) is 6.13. The maximum atomic E-state index is 2.51. The van der Waals surface area contributed by atoms with Crippen LogP contribution in [0.1, 0.15) is 54.4 Å². The van der Waals surface area contributed by atoms with Crippen LogP contribution in [0.2, 0.25) is 0 Å². The van der Waals surface area contributed by atoms with Crippen molar-refractivity contribution in [2.75, 3.05) is 0 Å². The molecule has 1 saturated heterocycles. The molecule has 1 rings (SSSR count). The van der Waals surface area contributed by atoms with Crippen molar-refractivity contribution in [3.05, 3.63) is 0 Å². The minimum atomic E-state index is 0.592. The Hall–Kier alpha value is 0.350. The molecule has 1 aliphatic rings. The summed E-state index contributed by atoms with van der Waals surface area (Å²) in [7, 11) is 0. The Morgan fingerprint density at radius 3 is 2.21 bits per heavy atom. The quantitative estimate of drug-likeness (QED) is 0.659. The zero-order valence-electron chi connectivity index (χ0n) is 10.6. The molecule has 0 amide bonds.